The van der Waals surface area contributed by atoms with Gasteiger partial charge in [-0.3, -0.25) is 9.59 Å². The van der Waals surface area contributed by atoms with Gasteiger partial charge in [0, 0.05) is 18.2 Å². The zero-order valence-corrected chi connectivity index (χ0v) is 17.7. The monoisotopic (exact) mass is 397 g/mol. The Labute approximate surface area is 174 Å². The quantitative estimate of drug-likeness (QED) is 0.225. The van der Waals surface area contributed by atoms with Crippen LogP contribution in [0.2, 0.25) is 10.5 Å². The van der Waals surface area contributed by atoms with Gasteiger partial charge < -0.3 is 0 Å². The summed E-state index contributed by atoms with van der Waals surface area (Å²) in [6.45, 7) is 1.86. The van der Waals surface area contributed by atoms with Crippen molar-refractivity contribution in [3.05, 3.63) is 46.3 Å². The number of hydrogen-bond acceptors (Lipinski definition) is 3. The summed E-state index contributed by atoms with van der Waals surface area (Å²) in [4.78, 5) is 28.5. The van der Waals surface area contributed by atoms with E-state index in [0.717, 1.165) is 42.4 Å². The predicted molar refractivity (Wildman–Crippen MR) is 118 cm³/mol. The topological polar surface area (TPSA) is 47.0 Å². The van der Waals surface area contributed by atoms with Gasteiger partial charge in [0.05, 0.1) is 5.57 Å². The molecule has 0 aromatic carbocycles. The van der Waals surface area contributed by atoms with E-state index in [-0.39, 0.29) is 22.6 Å². The first-order valence-corrected chi connectivity index (χ1v) is 10.8. The van der Waals surface area contributed by atoms with Crippen LogP contribution in [0.1, 0.15) is 81.8 Å². The third-order valence-electron chi connectivity index (χ3n) is 6.67. The normalized spacial score (nSPS) is 30.6. The lowest BCUT2D eigenvalue weighted by Gasteiger charge is -2.41. The second-order valence-electron chi connectivity index (χ2n) is 8.53. The summed E-state index contributed by atoms with van der Waals surface area (Å²) >= 11 is 6.30. The molecule has 0 spiro atoms. The van der Waals surface area contributed by atoms with Crippen LogP contribution in [-0.2, 0) is 9.59 Å². The number of nitrogens with zero attached hydrogens (tertiary/aromatic N) is 1. The molecule has 2 aliphatic carbocycles. The highest BCUT2D eigenvalue weighted by molar-refractivity contribution is 6.29. The lowest BCUT2D eigenvalue weighted by molar-refractivity contribution is -0.117. The molecule has 28 heavy (non-hydrogen) atoms. The van der Waals surface area contributed by atoms with E-state index in [4.69, 9.17) is 11.6 Å². The molecule has 148 valence electrons. The number of aromatic nitrogens is 1. The fraction of sp³-hybridized carbons (Fsp3) is 0.522. The number of hydrogen-bond donors (Lipinski definition) is 0. The molecule has 0 saturated heterocycles. The van der Waals surface area contributed by atoms with Crippen LogP contribution < -0.4 is 0 Å². The van der Waals surface area contributed by atoms with Gasteiger partial charge >= 0.3 is 0 Å². The highest BCUT2D eigenvalue weighted by Gasteiger charge is 2.37. The van der Waals surface area contributed by atoms with Crippen LogP contribution >= 0.6 is 11.6 Å². The average molecular weight is 398 g/mol. The Balaban J connectivity index is 2.10. The van der Waals surface area contributed by atoms with Crippen LogP contribution in [0.4, 0.5) is 0 Å². The number of fused-ring (bicyclic) bond motifs is 1. The zero-order valence-electron chi connectivity index (χ0n) is 17.0. The summed E-state index contributed by atoms with van der Waals surface area (Å²) in [6, 6.07) is 1.96. The average Bonchev–Trinajstić information content (AvgIpc) is 2.67. The highest BCUT2D eigenvalue weighted by atomic mass is 35.5. The SMILES string of the molecule is BC1(C2CCC(=O)/C(C=O)=C(/C)c3cnc(Cl)cc32)CC/C=C\CCCCC1. The largest absolute Gasteiger partial charge is 0.298 e. The molecule has 3 rings (SSSR count). The number of carbonyl (C=O) groups is 2. The van der Waals surface area contributed by atoms with Gasteiger partial charge in [-0.15, -0.1) is 0 Å². The second kappa shape index (κ2) is 9.22. The van der Waals surface area contributed by atoms with Crippen molar-refractivity contribution in [3.63, 3.8) is 0 Å². The molecule has 0 aliphatic heterocycles. The van der Waals surface area contributed by atoms with Crippen LogP contribution in [0.3, 0.4) is 0 Å². The molecule has 1 aromatic heterocycles. The molecule has 1 heterocycles. The fourth-order valence-electron chi connectivity index (χ4n) is 4.93. The van der Waals surface area contributed by atoms with Crippen molar-refractivity contribution in [2.45, 2.75) is 75.9 Å². The first-order chi connectivity index (χ1) is 13.5. The third-order valence-corrected chi connectivity index (χ3v) is 6.88. The summed E-state index contributed by atoms with van der Waals surface area (Å²) in [6.07, 6.45) is 16.4. The zero-order chi connectivity index (χ0) is 20.1. The van der Waals surface area contributed by atoms with E-state index in [9.17, 15) is 9.59 Å². The molecule has 2 atom stereocenters. The minimum absolute atomic E-state index is 0.0542. The van der Waals surface area contributed by atoms with Crippen LogP contribution in [0, 0.1) is 0 Å². The van der Waals surface area contributed by atoms with E-state index in [2.05, 4.69) is 25.0 Å². The van der Waals surface area contributed by atoms with Gasteiger partial charge in [-0.1, -0.05) is 54.8 Å². The van der Waals surface area contributed by atoms with Crippen LogP contribution in [0.25, 0.3) is 5.57 Å². The van der Waals surface area contributed by atoms with E-state index >= 15 is 0 Å². The molecule has 5 heteroatoms. The fourth-order valence-corrected chi connectivity index (χ4v) is 5.10. The first-order valence-electron chi connectivity index (χ1n) is 10.5. The lowest BCUT2D eigenvalue weighted by Crippen LogP contribution is -2.26. The molecule has 3 nitrogen and oxygen atoms in total. The Hall–Kier alpha value is -1.68. The molecule has 0 amide bonds. The van der Waals surface area contributed by atoms with Crippen molar-refractivity contribution < 1.29 is 9.59 Å². The van der Waals surface area contributed by atoms with Gasteiger partial charge in [-0.2, -0.15) is 0 Å². The molecule has 1 aromatic rings. The van der Waals surface area contributed by atoms with Gasteiger partial charge in [-0.25, -0.2) is 4.98 Å². The first kappa shape index (κ1) is 21.0. The molecular formula is C23H29BClNO2. The van der Waals surface area contributed by atoms with Gasteiger partial charge in [0.15, 0.2) is 12.1 Å². The van der Waals surface area contributed by atoms with Crippen LogP contribution in [-0.4, -0.2) is 24.9 Å². The molecule has 0 bridgehead atoms. The molecule has 0 saturated carbocycles. The van der Waals surface area contributed by atoms with E-state index in [1.54, 1.807) is 6.20 Å². The Morgan fingerprint density at radius 2 is 2.00 bits per heavy atom. The number of Topliss-reactive ketones (excluding diaryl/α,β-unsaturated/α-hetero) is 1. The molecule has 0 fully saturated rings. The van der Waals surface area contributed by atoms with Gasteiger partial charge in [0.2, 0.25) is 0 Å². The maximum atomic E-state index is 12.7. The van der Waals surface area contributed by atoms with E-state index in [1.807, 2.05) is 13.0 Å². The van der Waals surface area contributed by atoms with Crippen LogP contribution in [0.5, 0.6) is 0 Å². The third kappa shape index (κ3) is 4.48. The molecular weight excluding hydrogens is 369 g/mol. The second-order valence-corrected chi connectivity index (χ2v) is 8.92. The van der Waals surface area contributed by atoms with Crippen molar-refractivity contribution in [3.8, 4) is 0 Å². The summed E-state index contributed by atoms with van der Waals surface area (Å²) in [5.41, 5.74) is 3.06. The van der Waals surface area contributed by atoms with Crippen molar-refractivity contribution in [2.75, 3.05) is 0 Å². The number of allylic oxidation sites excluding steroid dienone is 4. The summed E-state index contributed by atoms with van der Waals surface area (Å²) in [5.74, 6) is 0.171. The van der Waals surface area contributed by atoms with Gasteiger partial charge in [-0.05, 0) is 55.7 Å². The van der Waals surface area contributed by atoms with Crippen molar-refractivity contribution in [1.29, 1.82) is 0 Å². The number of carbonyl (C=O) groups excluding carboxylic acids is 2. The molecule has 2 unspecified atom stereocenters. The smallest absolute Gasteiger partial charge is 0.166 e. The lowest BCUT2D eigenvalue weighted by atomic mass is 9.52. The van der Waals surface area contributed by atoms with Gasteiger partial charge in [0.1, 0.15) is 13.0 Å². The van der Waals surface area contributed by atoms with Crippen molar-refractivity contribution >= 4 is 37.1 Å². The Kier molecular flexibility index (Phi) is 6.93. The number of halogens is 1. The maximum Gasteiger partial charge on any atom is 0.166 e. The standard InChI is InChI=1S/C23H29BClNO2/c1-16-18-14-26-22(25)13-17(18)20(9-10-21(28)19(16)15-27)23(24)11-7-5-3-2-4-6-8-12-23/h3,5,13-15,20H,2,4,6-12,24H2,1H3/b5-3-,19-16-. The Morgan fingerprint density at radius 1 is 1.21 bits per heavy atom. The summed E-state index contributed by atoms with van der Waals surface area (Å²) < 4.78 is 0. The van der Waals surface area contributed by atoms with Crippen molar-refractivity contribution in [1.82, 2.24) is 4.98 Å². The number of ketones is 1. The molecule has 2 aliphatic rings. The number of rotatable bonds is 2. The maximum absolute atomic E-state index is 12.7. The minimum Gasteiger partial charge on any atom is -0.298 e. The van der Waals surface area contributed by atoms with E-state index in [0.29, 0.717) is 17.9 Å². The Bertz CT molecular complexity index is 817. The highest BCUT2D eigenvalue weighted by Crippen LogP contribution is 2.53. The molecule has 0 radical (unpaired) electrons. The Morgan fingerprint density at radius 3 is 2.79 bits per heavy atom. The van der Waals surface area contributed by atoms with E-state index < -0.39 is 0 Å². The summed E-state index contributed by atoms with van der Waals surface area (Å²) in [7, 11) is 2.37. The van der Waals surface area contributed by atoms with Crippen molar-refractivity contribution in [2.24, 2.45) is 0 Å². The predicted octanol–water partition coefficient (Wildman–Crippen LogP) is 5.25. The van der Waals surface area contributed by atoms with Gasteiger partial charge in [0.25, 0.3) is 0 Å². The number of pyridine rings is 1. The summed E-state index contributed by atoms with van der Waals surface area (Å²) in [5, 5.41) is 0.555. The molecule has 0 N–H and O–H groups in total. The van der Waals surface area contributed by atoms with E-state index in [1.165, 1.54) is 25.7 Å². The minimum atomic E-state index is -0.0542. The number of aldehydes is 1. The van der Waals surface area contributed by atoms with Crippen LogP contribution in [0.15, 0.2) is 30.0 Å².